The predicted octanol–water partition coefficient (Wildman–Crippen LogP) is 1.30. The van der Waals surface area contributed by atoms with E-state index in [1.54, 1.807) is 33.2 Å². The van der Waals surface area contributed by atoms with Crippen LogP contribution in [0.2, 0.25) is 0 Å². The van der Waals surface area contributed by atoms with Crippen LogP contribution < -0.4 is 5.32 Å². The van der Waals surface area contributed by atoms with Gasteiger partial charge in [-0.1, -0.05) is 6.92 Å². The molecule has 1 N–H and O–H groups in total. The van der Waals surface area contributed by atoms with Gasteiger partial charge in [-0.15, -0.1) is 0 Å². The maximum atomic E-state index is 12.0. The van der Waals surface area contributed by atoms with Crippen LogP contribution in [0, 0.1) is 5.92 Å². The van der Waals surface area contributed by atoms with E-state index in [0.29, 0.717) is 16.7 Å². The molecule has 2 amide bonds. The van der Waals surface area contributed by atoms with Gasteiger partial charge in [0, 0.05) is 26.8 Å². The van der Waals surface area contributed by atoms with Gasteiger partial charge in [0.25, 0.3) is 5.91 Å². The molecular formula is C12H16BrN3O2. The second-order valence-electron chi connectivity index (χ2n) is 4.07. The summed E-state index contributed by atoms with van der Waals surface area (Å²) in [6.07, 6.45) is 1.51. The Morgan fingerprint density at radius 3 is 2.67 bits per heavy atom. The number of hydrogen-bond acceptors (Lipinski definition) is 3. The molecule has 5 nitrogen and oxygen atoms in total. The lowest BCUT2D eigenvalue weighted by Crippen LogP contribution is -2.37. The molecule has 0 aliphatic rings. The van der Waals surface area contributed by atoms with E-state index >= 15 is 0 Å². The van der Waals surface area contributed by atoms with E-state index in [1.165, 1.54) is 11.1 Å². The number of halogens is 1. The molecule has 0 saturated carbocycles. The van der Waals surface area contributed by atoms with E-state index in [4.69, 9.17) is 0 Å². The van der Waals surface area contributed by atoms with Crippen LogP contribution in [0.5, 0.6) is 0 Å². The number of rotatable bonds is 4. The normalized spacial score (nSPS) is 11.8. The molecule has 98 valence electrons. The number of carbonyl (C=O) groups excluding carboxylic acids is 2. The third kappa shape index (κ3) is 3.80. The highest BCUT2D eigenvalue weighted by atomic mass is 79.9. The van der Waals surface area contributed by atoms with E-state index < -0.39 is 0 Å². The number of hydrogen-bond donors (Lipinski definition) is 1. The van der Waals surface area contributed by atoms with Crippen LogP contribution in [-0.2, 0) is 4.79 Å². The molecule has 0 radical (unpaired) electrons. The van der Waals surface area contributed by atoms with Crippen LogP contribution in [0.25, 0.3) is 0 Å². The van der Waals surface area contributed by atoms with Crippen molar-refractivity contribution in [2.45, 2.75) is 6.92 Å². The van der Waals surface area contributed by atoms with Gasteiger partial charge in [0.2, 0.25) is 5.91 Å². The van der Waals surface area contributed by atoms with E-state index in [0.717, 1.165) is 0 Å². The maximum absolute atomic E-state index is 12.0. The molecule has 0 saturated heterocycles. The molecule has 18 heavy (non-hydrogen) atoms. The summed E-state index contributed by atoms with van der Waals surface area (Å²) in [5.74, 6) is -0.471. The molecule has 0 aliphatic heterocycles. The maximum Gasteiger partial charge on any atom is 0.255 e. The fourth-order valence-electron chi connectivity index (χ4n) is 1.55. The standard InChI is InChI=1S/C12H16BrN3O2/c1-8(11(17)14-2)7-16(3)12(18)9-4-5-10(13)15-6-9/h4-6,8H,7H2,1-3H3,(H,14,17). The van der Waals surface area contributed by atoms with Crippen molar-refractivity contribution in [2.24, 2.45) is 5.92 Å². The summed E-state index contributed by atoms with van der Waals surface area (Å²) in [7, 11) is 3.25. The number of carbonyl (C=O) groups is 2. The Kier molecular flexibility index (Phi) is 5.27. The highest BCUT2D eigenvalue weighted by Gasteiger charge is 2.18. The molecule has 0 aromatic carbocycles. The summed E-state index contributed by atoms with van der Waals surface area (Å²) in [6.45, 7) is 2.15. The zero-order chi connectivity index (χ0) is 13.7. The third-order valence-corrected chi connectivity index (χ3v) is 3.03. The molecule has 1 rings (SSSR count). The van der Waals surface area contributed by atoms with E-state index in [2.05, 4.69) is 26.2 Å². The van der Waals surface area contributed by atoms with Crippen molar-refractivity contribution in [2.75, 3.05) is 20.6 Å². The Morgan fingerprint density at radius 2 is 2.17 bits per heavy atom. The van der Waals surface area contributed by atoms with Gasteiger partial charge in [-0.25, -0.2) is 4.98 Å². The van der Waals surface area contributed by atoms with Crippen LogP contribution in [0.4, 0.5) is 0 Å². The number of nitrogens with one attached hydrogen (secondary N) is 1. The monoisotopic (exact) mass is 313 g/mol. The molecule has 1 atom stereocenters. The molecular weight excluding hydrogens is 298 g/mol. The van der Waals surface area contributed by atoms with Crippen molar-refractivity contribution in [1.29, 1.82) is 0 Å². The van der Waals surface area contributed by atoms with Crippen molar-refractivity contribution in [1.82, 2.24) is 15.2 Å². The van der Waals surface area contributed by atoms with Gasteiger partial charge >= 0.3 is 0 Å². The Bertz CT molecular complexity index is 433. The van der Waals surface area contributed by atoms with Gasteiger partial charge in [-0.3, -0.25) is 9.59 Å². The fraction of sp³-hybridized carbons (Fsp3) is 0.417. The molecule has 0 aliphatic carbocycles. The molecule has 0 fully saturated rings. The number of amides is 2. The molecule has 1 unspecified atom stereocenters. The van der Waals surface area contributed by atoms with Crippen molar-refractivity contribution >= 4 is 27.7 Å². The quantitative estimate of drug-likeness (QED) is 0.852. The first-order valence-electron chi connectivity index (χ1n) is 5.54. The summed E-state index contributed by atoms with van der Waals surface area (Å²) in [5, 5.41) is 2.56. The zero-order valence-electron chi connectivity index (χ0n) is 10.6. The smallest absolute Gasteiger partial charge is 0.255 e. The Balaban J connectivity index is 2.67. The highest BCUT2D eigenvalue weighted by molar-refractivity contribution is 9.10. The molecule has 0 bridgehead atoms. The number of pyridine rings is 1. The van der Waals surface area contributed by atoms with Crippen LogP contribution in [0.3, 0.4) is 0 Å². The van der Waals surface area contributed by atoms with Gasteiger partial charge in [-0.2, -0.15) is 0 Å². The first-order valence-corrected chi connectivity index (χ1v) is 6.33. The van der Waals surface area contributed by atoms with Gasteiger partial charge in [-0.05, 0) is 28.1 Å². The fourth-order valence-corrected chi connectivity index (χ4v) is 1.78. The Labute approximate surface area is 115 Å². The second kappa shape index (κ2) is 6.49. The average molecular weight is 314 g/mol. The summed E-state index contributed by atoms with van der Waals surface area (Å²) in [5.41, 5.74) is 0.504. The number of nitrogens with zero attached hydrogens (tertiary/aromatic N) is 2. The largest absolute Gasteiger partial charge is 0.359 e. The lowest BCUT2D eigenvalue weighted by atomic mass is 10.1. The minimum atomic E-state index is -0.243. The first-order chi connectivity index (χ1) is 8.45. The van der Waals surface area contributed by atoms with E-state index in [9.17, 15) is 9.59 Å². The van der Waals surface area contributed by atoms with Gasteiger partial charge < -0.3 is 10.2 Å². The van der Waals surface area contributed by atoms with Crippen LogP contribution in [-0.4, -0.2) is 42.3 Å². The highest BCUT2D eigenvalue weighted by Crippen LogP contribution is 2.09. The first kappa shape index (κ1) is 14.6. The topological polar surface area (TPSA) is 62.3 Å². The van der Waals surface area contributed by atoms with Crippen LogP contribution in [0.15, 0.2) is 22.9 Å². The molecule has 1 heterocycles. The lowest BCUT2D eigenvalue weighted by molar-refractivity contribution is -0.124. The Morgan fingerprint density at radius 1 is 1.50 bits per heavy atom. The SMILES string of the molecule is CNC(=O)C(C)CN(C)C(=O)c1ccc(Br)nc1. The van der Waals surface area contributed by atoms with Crippen molar-refractivity contribution in [3.63, 3.8) is 0 Å². The minimum absolute atomic E-state index is 0.0800. The summed E-state index contributed by atoms with van der Waals surface area (Å²) in [4.78, 5) is 28.9. The van der Waals surface area contributed by atoms with Crippen molar-refractivity contribution < 1.29 is 9.59 Å². The van der Waals surface area contributed by atoms with Crippen molar-refractivity contribution in [3.8, 4) is 0 Å². The van der Waals surface area contributed by atoms with Crippen molar-refractivity contribution in [3.05, 3.63) is 28.5 Å². The predicted molar refractivity (Wildman–Crippen MR) is 72.1 cm³/mol. The molecule has 6 heteroatoms. The van der Waals surface area contributed by atoms with E-state index in [-0.39, 0.29) is 17.7 Å². The number of aromatic nitrogens is 1. The Hall–Kier alpha value is -1.43. The van der Waals surface area contributed by atoms with Crippen LogP contribution >= 0.6 is 15.9 Å². The van der Waals surface area contributed by atoms with Gasteiger partial charge in [0.15, 0.2) is 0 Å². The van der Waals surface area contributed by atoms with Crippen LogP contribution in [0.1, 0.15) is 17.3 Å². The zero-order valence-corrected chi connectivity index (χ0v) is 12.2. The third-order valence-electron chi connectivity index (χ3n) is 2.56. The second-order valence-corrected chi connectivity index (χ2v) is 4.88. The molecule has 1 aromatic heterocycles. The summed E-state index contributed by atoms with van der Waals surface area (Å²) >= 11 is 3.21. The summed E-state index contributed by atoms with van der Waals surface area (Å²) < 4.78 is 0.681. The van der Waals surface area contributed by atoms with E-state index in [1.807, 2.05) is 0 Å². The molecule has 0 spiro atoms. The minimum Gasteiger partial charge on any atom is -0.359 e. The van der Waals surface area contributed by atoms with Gasteiger partial charge in [0.1, 0.15) is 4.60 Å². The lowest BCUT2D eigenvalue weighted by Gasteiger charge is -2.20. The van der Waals surface area contributed by atoms with Gasteiger partial charge in [0.05, 0.1) is 11.5 Å². The molecule has 1 aromatic rings. The average Bonchev–Trinajstić information content (AvgIpc) is 2.37. The summed E-state index contributed by atoms with van der Waals surface area (Å²) in [6, 6.07) is 3.41.